The van der Waals surface area contributed by atoms with Crippen molar-refractivity contribution in [3.8, 4) is 5.82 Å². The third-order valence-electron chi connectivity index (χ3n) is 4.56. The van der Waals surface area contributed by atoms with E-state index >= 15 is 0 Å². The molecule has 0 aliphatic carbocycles. The Bertz CT molecular complexity index is 1060. The lowest BCUT2D eigenvalue weighted by Crippen LogP contribution is -2.49. The van der Waals surface area contributed by atoms with E-state index in [1.54, 1.807) is 23.0 Å². The molecule has 0 atom stereocenters. The number of aromatic nitrogens is 4. The summed E-state index contributed by atoms with van der Waals surface area (Å²) in [5, 5.41) is 4.22. The molecule has 28 heavy (non-hydrogen) atoms. The Balaban J connectivity index is 1.51. The summed E-state index contributed by atoms with van der Waals surface area (Å²) in [6.07, 6.45) is 3.53. The quantitative estimate of drug-likeness (QED) is 0.500. The molecule has 146 valence electrons. The van der Waals surface area contributed by atoms with Crippen LogP contribution in [0.2, 0.25) is 0 Å². The van der Waals surface area contributed by atoms with Crippen molar-refractivity contribution in [2.75, 3.05) is 31.1 Å². The molecule has 0 bridgehead atoms. The van der Waals surface area contributed by atoms with Gasteiger partial charge < -0.3 is 4.90 Å². The van der Waals surface area contributed by atoms with Crippen LogP contribution in [-0.4, -0.2) is 58.7 Å². The smallest absolute Gasteiger partial charge is 0.243 e. The Morgan fingerprint density at radius 2 is 1.68 bits per heavy atom. The van der Waals surface area contributed by atoms with Gasteiger partial charge in [0.05, 0.1) is 4.90 Å². The highest BCUT2D eigenvalue weighted by Crippen LogP contribution is 2.22. The van der Waals surface area contributed by atoms with Crippen molar-refractivity contribution in [2.45, 2.75) is 11.8 Å². The second-order valence-electron chi connectivity index (χ2n) is 6.43. The van der Waals surface area contributed by atoms with E-state index in [0.29, 0.717) is 42.7 Å². The maximum absolute atomic E-state index is 12.9. The predicted octanol–water partition coefficient (Wildman–Crippen LogP) is 2.09. The van der Waals surface area contributed by atoms with Gasteiger partial charge in [-0.2, -0.15) is 9.40 Å². The molecule has 0 saturated carbocycles. The number of hydrogen-bond donors (Lipinski definition) is 0. The third kappa shape index (κ3) is 3.89. The van der Waals surface area contributed by atoms with E-state index in [1.807, 2.05) is 37.4 Å². The fraction of sp³-hybridized carbons (Fsp3) is 0.278. The summed E-state index contributed by atoms with van der Waals surface area (Å²) in [4.78, 5) is 11.4. The van der Waals surface area contributed by atoms with Gasteiger partial charge in [-0.1, -0.05) is 0 Å². The van der Waals surface area contributed by atoms with E-state index in [0.717, 1.165) is 9.39 Å². The summed E-state index contributed by atoms with van der Waals surface area (Å²) in [7, 11) is -3.48. The molecule has 0 unspecified atom stereocenters. The highest BCUT2D eigenvalue weighted by atomic mass is 127. The zero-order chi connectivity index (χ0) is 19.7. The number of anilines is 1. The van der Waals surface area contributed by atoms with Crippen LogP contribution in [0, 0.1) is 10.5 Å². The van der Waals surface area contributed by atoms with Gasteiger partial charge >= 0.3 is 0 Å². The lowest BCUT2D eigenvalue weighted by Gasteiger charge is -2.34. The first kappa shape index (κ1) is 19.3. The Morgan fingerprint density at radius 3 is 2.32 bits per heavy atom. The second kappa shape index (κ2) is 7.76. The van der Waals surface area contributed by atoms with Crippen LogP contribution in [0.4, 0.5) is 5.82 Å². The van der Waals surface area contributed by atoms with E-state index in [4.69, 9.17) is 0 Å². The number of piperazine rings is 1. The second-order valence-corrected chi connectivity index (χ2v) is 9.61. The molecule has 1 aliphatic heterocycles. The first-order valence-corrected chi connectivity index (χ1v) is 11.3. The van der Waals surface area contributed by atoms with Gasteiger partial charge in [-0.3, -0.25) is 0 Å². The van der Waals surface area contributed by atoms with Crippen molar-refractivity contribution in [3.05, 3.63) is 58.2 Å². The van der Waals surface area contributed by atoms with Crippen LogP contribution >= 0.6 is 22.6 Å². The fourth-order valence-corrected chi connectivity index (χ4v) is 4.92. The minimum atomic E-state index is -3.48. The van der Waals surface area contributed by atoms with Crippen LogP contribution in [0.15, 0.2) is 53.7 Å². The summed E-state index contributed by atoms with van der Waals surface area (Å²) in [5.41, 5.74) is 0. The molecule has 3 heterocycles. The zero-order valence-corrected chi connectivity index (χ0v) is 18.2. The highest BCUT2D eigenvalue weighted by Gasteiger charge is 2.29. The Morgan fingerprint density at radius 1 is 1.00 bits per heavy atom. The molecular formula is C18H19IN6O2S. The van der Waals surface area contributed by atoms with Gasteiger partial charge in [0.2, 0.25) is 10.0 Å². The van der Waals surface area contributed by atoms with Crippen molar-refractivity contribution in [1.82, 2.24) is 24.1 Å². The number of aryl methyl sites for hydroxylation is 1. The van der Waals surface area contributed by atoms with E-state index in [9.17, 15) is 8.42 Å². The van der Waals surface area contributed by atoms with Gasteiger partial charge in [-0.25, -0.2) is 23.1 Å². The number of rotatable bonds is 4. The standard InChI is InChI=1S/C18H19IN6O2S/c1-14-21-17(13-18(22-14)25-8-2-7-20-25)23-9-11-24(12-10-23)28(26,27)16-5-3-15(19)4-6-16/h2-8,13H,9-12H2,1H3. The van der Waals surface area contributed by atoms with Crippen LogP contribution in [0.1, 0.15) is 5.82 Å². The third-order valence-corrected chi connectivity index (χ3v) is 7.20. The van der Waals surface area contributed by atoms with E-state index in [-0.39, 0.29) is 0 Å². The molecule has 0 N–H and O–H groups in total. The predicted molar refractivity (Wildman–Crippen MR) is 114 cm³/mol. The largest absolute Gasteiger partial charge is 0.354 e. The van der Waals surface area contributed by atoms with Crippen LogP contribution in [-0.2, 0) is 10.0 Å². The van der Waals surface area contributed by atoms with Gasteiger partial charge in [-0.05, 0) is 59.8 Å². The van der Waals surface area contributed by atoms with E-state index in [2.05, 4.69) is 42.6 Å². The molecule has 0 amide bonds. The first-order valence-electron chi connectivity index (χ1n) is 8.80. The molecule has 8 nitrogen and oxygen atoms in total. The van der Waals surface area contributed by atoms with Gasteiger partial charge in [-0.15, -0.1) is 0 Å². The maximum atomic E-state index is 12.9. The van der Waals surface area contributed by atoms with Crippen LogP contribution in [0.5, 0.6) is 0 Å². The van der Waals surface area contributed by atoms with Gasteiger partial charge in [0.1, 0.15) is 11.6 Å². The lowest BCUT2D eigenvalue weighted by atomic mass is 10.3. The molecule has 3 aromatic rings. The Hall–Kier alpha value is -2.05. The monoisotopic (exact) mass is 510 g/mol. The van der Waals surface area contributed by atoms with Crippen LogP contribution < -0.4 is 4.90 Å². The molecule has 1 saturated heterocycles. The average molecular weight is 510 g/mol. The average Bonchev–Trinajstić information content (AvgIpc) is 3.23. The maximum Gasteiger partial charge on any atom is 0.243 e. The number of hydrogen-bond acceptors (Lipinski definition) is 6. The summed E-state index contributed by atoms with van der Waals surface area (Å²) < 4.78 is 30.0. The van der Waals surface area contributed by atoms with Gasteiger partial charge in [0.15, 0.2) is 5.82 Å². The highest BCUT2D eigenvalue weighted by molar-refractivity contribution is 14.1. The van der Waals surface area contributed by atoms with Crippen LogP contribution in [0.25, 0.3) is 5.82 Å². The molecule has 0 radical (unpaired) electrons. The van der Waals surface area contributed by atoms with Gasteiger partial charge in [0.25, 0.3) is 0 Å². The normalized spacial score (nSPS) is 15.7. The molecule has 1 fully saturated rings. The van der Waals surface area contributed by atoms with Crippen molar-refractivity contribution in [1.29, 1.82) is 0 Å². The van der Waals surface area contributed by atoms with Crippen molar-refractivity contribution < 1.29 is 8.42 Å². The molecule has 1 aromatic carbocycles. The zero-order valence-electron chi connectivity index (χ0n) is 15.2. The van der Waals surface area contributed by atoms with E-state index in [1.165, 1.54) is 4.31 Å². The van der Waals surface area contributed by atoms with Crippen molar-refractivity contribution in [3.63, 3.8) is 0 Å². The Kier molecular flexibility index (Phi) is 5.34. The molecule has 2 aromatic heterocycles. The summed E-state index contributed by atoms with van der Waals surface area (Å²) in [5.74, 6) is 2.13. The summed E-state index contributed by atoms with van der Waals surface area (Å²) in [6.45, 7) is 3.80. The van der Waals surface area contributed by atoms with Crippen LogP contribution in [0.3, 0.4) is 0 Å². The van der Waals surface area contributed by atoms with Crippen molar-refractivity contribution >= 4 is 38.4 Å². The molecule has 0 spiro atoms. The minimum absolute atomic E-state index is 0.334. The van der Waals surface area contributed by atoms with E-state index < -0.39 is 10.0 Å². The molecule has 1 aliphatic rings. The Labute approximate surface area is 177 Å². The topological polar surface area (TPSA) is 84.2 Å². The first-order chi connectivity index (χ1) is 13.4. The SMILES string of the molecule is Cc1nc(N2CCN(S(=O)(=O)c3ccc(I)cc3)CC2)cc(-n2cccn2)n1. The molecular weight excluding hydrogens is 491 g/mol. The fourth-order valence-electron chi connectivity index (χ4n) is 3.13. The molecule has 10 heteroatoms. The summed E-state index contributed by atoms with van der Waals surface area (Å²) >= 11 is 2.16. The number of halogens is 1. The van der Waals surface area contributed by atoms with Crippen molar-refractivity contribution in [2.24, 2.45) is 0 Å². The lowest BCUT2D eigenvalue weighted by molar-refractivity contribution is 0.383. The number of nitrogens with zero attached hydrogens (tertiary/aromatic N) is 6. The minimum Gasteiger partial charge on any atom is -0.354 e. The number of sulfonamides is 1. The van der Waals surface area contributed by atoms with Gasteiger partial charge in [0, 0.05) is 48.2 Å². The summed E-state index contributed by atoms with van der Waals surface area (Å²) in [6, 6.07) is 10.7. The number of benzene rings is 1. The molecule has 4 rings (SSSR count).